The van der Waals surface area contributed by atoms with E-state index in [1.54, 1.807) is 30.0 Å². The van der Waals surface area contributed by atoms with Crippen molar-refractivity contribution in [1.82, 2.24) is 9.80 Å². The van der Waals surface area contributed by atoms with Gasteiger partial charge in [-0.1, -0.05) is 11.6 Å². The predicted octanol–water partition coefficient (Wildman–Crippen LogP) is 1.44. The maximum absolute atomic E-state index is 12.3. The van der Waals surface area contributed by atoms with Gasteiger partial charge in [-0.15, -0.1) is 0 Å². The average Bonchev–Trinajstić information content (AvgIpc) is 3.22. The third kappa shape index (κ3) is 4.28. The SMILES string of the molecule is Cc1ccc(O)c(C(=O)OCC(=O)N2CCN(C(=O)c3ccco3)CC2)c1. The zero-order valence-electron chi connectivity index (χ0n) is 14.9. The minimum absolute atomic E-state index is 0.0247. The molecule has 1 aromatic heterocycles. The topological polar surface area (TPSA) is 100 Å². The number of carbonyl (C=O) groups is 3. The summed E-state index contributed by atoms with van der Waals surface area (Å²) in [4.78, 5) is 39.7. The van der Waals surface area contributed by atoms with Gasteiger partial charge in [0.25, 0.3) is 11.8 Å². The molecule has 1 saturated heterocycles. The summed E-state index contributed by atoms with van der Waals surface area (Å²) in [6, 6.07) is 7.82. The van der Waals surface area contributed by atoms with Crippen LogP contribution in [0.3, 0.4) is 0 Å². The Kier molecular flexibility index (Phi) is 5.44. The minimum atomic E-state index is -0.754. The molecule has 1 aliphatic rings. The fourth-order valence-electron chi connectivity index (χ4n) is 2.82. The van der Waals surface area contributed by atoms with Crippen LogP contribution in [0.1, 0.15) is 26.5 Å². The molecule has 2 heterocycles. The lowest BCUT2D eigenvalue weighted by Gasteiger charge is -2.34. The second-order valence-corrected chi connectivity index (χ2v) is 6.25. The van der Waals surface area contributed by atoms with Gasteiger partial charge < -0.3 is 24.1 Å². The number of nitrogens with zero attached hydrogens (tertiary/aromatic N) is 2. The van der Waals surface area contributed by atoms with E-state index in [4.69, 9.17) is 9.15 Å². The number of benzene rings is 1. The van der Waals surface area contributed by atoms with Crippen LogP contribution >= 0.6 is 0 Å². The number of esters is 1. The van der Waals surface area contributed by atoms with Crippen LogP contribution in [0, 0.1) is 6.92 Å². The zero-order valence-corrected chi connectivity index (χ0v) is 14.9. The number of aromatic hydroxyl groups is 1. The first-order valence-electron chi connectivity index (χ1n) is 8.53. The van der Waals surface area contributed by atoms with Gasteiger partial charge in [-0.2, -0.15) is 0 Å². The third-order valence-corrected chi connectivity index (χ3v) is 4.35. The first kappa shape index (κ1) is 18.5. The summed E-state index contributed by atoms with van der Waals surface area (Å²) in [6.45, 7) is 2.80. The van der Waals surface area contributed by atoms with Crippen molar-refractivity contribution in [2.24, 2.45) is 0 Å². The fourth-order valence-corrected chi connectivity index (χ4v) is 2.82. The molecule has 0 spiro atoms. The molecule has 8 nitrogen and oxygen atoms in total. The van der Waals surface area contributed by atoms with Crippen LogP contribution in [0.2, 0.25) is 0 Å². The molecule has 0 aliphatic carbocycles. The van der Waals surface area contributed by atoms with Crippen molar-refractivity contribution in [2.45, 2.75) is 6.92 Å². The quantitative estimate of drug-likeness (QED) is 0.815. The number of hydrogen-bond donors (Lipinski definition) is 1. The van der Waals surface area contributed by atoms with E-state index in [1.165, 1.54) is 23.3 Å². The number of amides is 2. The van der Waals surface area contributed by atoms with E-state index in [1.807, 2.05) is 0 Å². The van der Waals surface area contributed by atoms with Crippen LogP contribution in [0.15, 0.2) is 41.0 Å². The Hall–Kier alpha value is -3.29. The van der Waals surface area contributed by atoms with Crippen LogP contribution in [0.25, 0.3) is 0 Å². The molecule has 1 N–H and O–H groups in total. The van der Waals surface area contributed by atoms with E-state index >= 15 is 0 Å². The Bertz CT molecular complexity index is 838. The maximum Gasteiger partial charge on any atom is 0.342 e. The standard InChI is InChI=1S/C19H20N2O6/c1-13-4-5-15(22)14(11-13)19(25)27-12-17(23)20-6-8-21(9-7-20)18(24)16-3-2-10-26-16/h2-5,10-11,22H,6-9,12H2,1H3. The fraction of sp³-hybridized carbons (Fsp3) is 0.316. The van der Waals surface area contributed by atoms with Crippen molar-refractivity contribution >= 4 is 17.8 Å². The number of carbonyl (C=O) groups excluding carboxylic acids is 3. The molecule has 1 aromatic carbocycles. The number of aryl methyl sites for hydroxylation is 1. The first-order chi connectivity index (χ1) is 13.0. The van der Waals surface area contributed by atoms with Crippen molar-refractivity contribution < 1.29 is 28.6 Å². The lowest BCUT2D eigenvalue weighted by atomic mass is 10.1. The molecule has 0 saturated carbocycles. The van der Waals surface area contributed by atoms with E-state index in [9.17, 15) is 19.5 Å². The van der Waals surface area contributed by atoms with E-state index in [-0.39, 0.29) is 28.9 Å². The molecule has 3 rings (SSSR count). The Morgan fingerprint density at radius 2 is 1.81 bits per heavy atom. The van der Waals surface area contributed by atoms with Crippen molar-refractivity contribution in [3.05, 3.63) is 53.5 Å². The molecule has 0 radical (unpaired) electrons. The number of rotatable bonds is 4. The Morgan fingerprint density at radius 1 is 1.11 bits per heavy atom. The summed E-state index contributed by atoms with van der Waals surface area (Å²) >= 11 is 0. The molecule has 27 heavy (non-hydrogen) atoms. The van der Waals surface area contributed by atoms with Gasteiger partial charge in [0.1, 0.15) is 11.3 Å². The zero-order chi connectivity index (χ0) is 19.4. The summed E-state index contributed by atoms with van der Waals surface area (Å²) in [5.41, 5.74) is 0.820. The monoisotopic (exact) mass is 372 g/mol. The molecule has 8 heteroatoms. The van der Waals surface area contributed by atoms with Crippen LogP contribution < -0.4 is 0 Å². The van der Waals surface area contributed by atoms with Gasteiger partial charge in [0.05, 0.1) is 6.26 Å². The van der Waals surface area contributed by atoms with Gasteiger partial charge in [0.2, 0.25) is 0 Å². The van der Waals surface area contributed by atoms with E-state index in [0.29, 0.717) is 26.2 Å². The molecule has 1 aliphatic heterocycles. The predicted molar refractivity (Wildman–Crippen MR) is 94.3 cm³/mol. The van der Waals surface area contributed by atoms with E-state index < -0.39 is 12.6 Å². The summed E-state index contributed by atoms with van der Waals surface area (Å²) in [7, 11) is 0. The van der Waals surface area contributed by atoms with Gasteiger partial charge >= 0.3 is 5.97 Å². The second-order valence-electron chi connectivity index (χ2n) is 6.25. The van der Waals surface area contributed by atoms with Gasteiger partial charge in [-0.3, -0.25) is 9.59 Å². The largest absolute Gasteiger partial charge is 0.507 e. The van der Waals surface area contributed by atoms with Gasteiger partial charge in [0.15, 0.2) is 12.4 Å². The number of ether oxygens (including phenoxy) is 1. The number of phenolic OH excluding ortho intramolecular Hbond substituents is 1. The van der Waals surface area contributed by atoms with Gasteiger partial charge in [-0.05, 0) is 31.2 Å². The molecular weight excluding hydrogens is 352 g/mol. The number of hydrogen-bond acceptors (Lipinski definition) is 6. The molecule has 2 amide bonds. The Morgan fingerprint density at radius 3 is 2.48 bits per heavy atom. The van der Waals surface area contributed by atoms with Crippen molar-refractivity contribution in [3.63, 3.8) is 0 Å². The smallest absolute Gasteiger partial charge is 0.342 e. The van der Waals surface area contributed by atoms with Crippen LogP contribution in [0.5, 0.6) is 5.75 Å². The summed E-state index contributed by atoms with van der Waals surface area (Å²) in [5, 5.41) is 9.74. The molecule has 1 fully saturated rings. The summed E-state index contributed by atoms with van der Waals surface area (Å²) in [6.07, 6.45) is 1.44. The molecule has 142 valence electrons. The number of phenols is 1. The van der Waals surface area contributed by atoms with Crippen molar-refractivity contribution in [3.8, 4) is 5.75 Å². The lowest BCUT2D eigenvalue weighted by Crippen LogP contribution is -2.51. The maximum atomic E-state index is 12.3. The van der Waals surface area contributed by atoms with Crippen molar-refractivity contribution in [2.75, 3.05) is 32.8 Å². The highest BCUT2D eigenvalue weighted by Crippen LogP contribution is 2.19. The number of furan rings is 1. The third-order valence-electron chi connectivity index (χ3n) is 4.35. The van der Waals surface area contributed by atoms with Gasteiger partial charge in [-0.25, -0.2) is 4.79 Å². The number of piperazine rings is 1. The van der Waals surface area contributed by atoms with Crippen LogP contribution in [-0.4, -0.2) is 65.5 Å². The highest BCUT2D eigenvalue weighted by molar-refractivity contribution is 5.94. The van der Waals surface area contributed by atoms with Crippen LogP contribution in [-0.2, 0) is 9.53 Å². The summed E-state index contributed by atoms with van der Waals surface area (Å²) in [5.74, 6) is -1.24. The first-order valence-corrected chi connectivity index (χ1v) is 8.53. The Balaban J connectivity index is 1.49. The molecular formula is C19H20N2O6. The van der Waals surface area contributed by atoms with Crippen LogP contribution in [0.4, 0.5) is 0 Å². The molecule has 0 atom stereocenters. The van der Waals surface area contributed by atoms with Gasteiger partial charge in [0, 0.05) is 26.2 Å². The lowest BCUT2D eigenvalue weighted by molar-refractivity contribution is -0.136. The highest BCUT2D eigenvalue weighted by atomic mass is 16.5. The second kappa shape index (κ2) is 7.94. The highest BCUT2D eigenvalue weighted by Gasteiger charge is 2.26. The molecule has 0 bridgehead atoms. The van der Waals surface area contributed by atoms with E-state index in [2.05, 4.69) is 0 Å². The minimum Gasteiger partial charge on any atom is -0.507 e. The van der Waals surface area contributed by atoms with E-state index in [0.717, 1.165) is 5.56 Å². The normalized spacial score (nSPS) is 14.1. The van der Waals surface area contributed by atoms with Crippen molar-refractivity contribution in [1.29, 1.82) is 0 Å². The molecule has 2 aromatic rings. The molecule has 0 unspecified atom stereocenters. The Labute approximate surface area is 155 Å². The average molecular weight is 372 g/mol. The summed E-state index contributed by atoms with van der Waals surface area (Å²) < 4.78 is 10.1.